The first kappa shape index (κ1) is 34.0. The number of para-hydroxylation sites is 3. The Morgan fingerprint density at radius 1 is 0.837 bits per heavy atom. The maximum atomic E-state index is 13.5. The molecular formula is C32H36Cl2N4O4S. The number of halogens is 2. The number of hydrogen-bond donors (Lipinski definition) is 4. The van der Waals surface area contributed by atoms with Gasteiger partial charge in [0.15, 0.2) is 6.29 Å². The Kier molecular flexibility index (Phi) is 13.4. The number of carbonyl (C=O) groups excluding carboxylic acids is 4. The smallest absolute Gasteiger partial charge is 0.246 e. The summed E-state index contributed by atoms with van der Waals surface area (Å²) in [6, 6.07) is 17.4. The molecule has 43 heavy (non-hydrogen) atoms. The number of thioether (sulfide) groups is 1. The van der Waals surface area contributed by atoms with Crippen LogP contribution in [-0.4, -0.2) is 48.1 Å². The van der Waals surface area contributed by atoms with E-state index in [2.05, 4.69) is 21.3 Å². The maximum absolute atomic E-state index is 13.5. The topological polar surface area (TPSA) is 116 Å². The van der Waals surface area contributed by atoms with Crippen LogP contribution in [-0.2, 0) is 20.8 Å². The van der Waals surface area contributed by atoms with Crippen LogP contribution in [0.4, 0.5) is 17.1 Å². The van der Waals surface area contributed by atoms with Crippen molar-refractivity contribution in [1.82, 2.24) is 10.6 Å². The molecule has 3 amide bonds. The number of amides is 3. The van der Waals surface area contributed by atoms with Crippen molar-refractivity contribution in [1.29, 1.82) is 0 Å². The largest absolute Gasteiger partial charge is 0.353 e. The molecule has 0 aliphatic carbocycles. The average molecular weight is 644 g/mol. The Morgan fingerprint density at radius 3 is 2.14 bits per heavy atom. The summed E-state index contributed by atoms with van der Waals surface area (Å²) in [6.07, 6.45) is 3.31. The number of benzene rings is 3. The molecule has 4 N–H and O–H groups in total. The molecule has 0 aliphatic rings. The molecule has 0 spiro atoms. The fourth-order valence-corrected chi connectivity index (χ4v) is 5.34. The van der Waals surface area contributed by atoms with Crippen molar-refractivity contribution in [3.05, 3.63) is 87.9 Å². The minimum absolute atomic E-state index is 0.00726. The minimum Gasteiger partial charge on any atom is -0.353 e. The highest BCUT2D eigenvalue weighted by Gasteiger charge is 2.28. The Bertz CT molecular complexity index is 1420. The summed E-state index contributed by atoms with van der Waals surface area (Å²) in [4.78, 5) is 51.4. The Labute approximate surface area is 266 Å². The van der Waals surface area contributed by atoms with Gasteiger partial charge in [-0.2, -0.15) is 11.8 Å². The van der Waals surface area contributed by atoms with Crippen molar-refractivity contribution >= 4 is 76.0 Å². The van der Waals surface area contributed by atoms with E-state index in [4.69, 9.17) is 23.2 Å². The van der Waals surface area contributed by atoms with Gasteiger partial charge in [-0.15, -0.1) is 0 Å². The molecule has 3 aromatic carbocycles. The quantitative estimate of drug-likeness (QED) is 0.141. The number of rotatable bonds is 15. The molecule has 3 aromatic rings. The van der Waals surface area contributed by atoms with Gasteiger partial charge in [0.05, 0.1) is 27.8 Å². The van der Waals surface area contributed by atoms with Crippen molar-refractivity contribution in [2.45, 2.75) is 45.2 Å². The van der Waals surface area contributed by atoms with Crippen molar-refractivity contribution in [3.8, 4) is 0 Å². The normalized spacial score (nSPS) is 12.2. The number of aldehydes is 1. The fourth-order valence-electron chi connectivity index (χ4n) is 4.38. The van der Waals surface area contributed by atoms with Gasteiger partial charge in [0.1, 0.15) is 12.1 Å². The maximum Gasteiger partial charge on any atom is 0.246 e. The first-order valence-corrected chi connectivity index (χ1v) is 16.0. The van der Waals surface area contributed by atoms with Crippen molar-refractivity contribution in [3.63, 3.8) is 0 Å². The van der Waals surface area contributed by atoms with E-state index in [-0.39, 0.29) is 18.2 Å². The highest BCUT2D eigenvalue weighted by molar-refractivity contribution is 7.98. The van der Waals surface area contributed by atoms with Gasteiger partial charge in [-0.3, -0.25) is 19.2 Å². The lowest BCUT2D eigenvalue weighted by Crippen LogP contribution is -2.53. The summed E-state index contributed by atoms with van der Waals surface area (Å²) in [5.74, 6) is -0.543. The molecule has 11 heteroatoms. The summed E-state index contributed by atoms with van der Waals surface area (Å²) in [6.45, 7) is 3.89. The van der Waals surface area contributed by atoms with Crippen molar-refractivity contribution in [2.75, 3.05) is 22.6 Å². The average Bonchev–Trinajstić information content (AvgIpc) is 2.97. The summed E-state index contributed by atoms with van der Waals surface area (Å²) >= 11 is 14.2. The third kappa shape index (κ3) is 10.3. The van der Waals surface area contributed by atoms with Gasteiger partial charge in [0, 0.05) is 11.3 Å². The van der Waals surface area contributed by atoms with Gasteiger partial charge < -0.3 is 21.3 Å². The van der Waals surface area contributed by atoms with Crippen LogP contribution in [0.3, 0.4) is 0 Å². The van der Waals surface area contributed by atoms with E-state index < -0.39 is 23.9 Å². The zero-order chi connectivity index (χ0) is 31.4. The zero-order valence-corrected chi connectivity index (χ0v) is 26.6. The van der Waals surface area contributed by atoms with Crippen LogP contribution in [0.15, 0.2) is 66.7 Å². The number of nitrogens with one attached hydrogen (secondary N) is 4. The summed E-state index contributed by atoms with van der Waals surface area (Å²) in [7, 11) is 0. The first-order chi connectivity index (χ1) is 20.6. The van der Waals surface area contributed by atoms with Crippen LogP contribution in [0.25, 0.3) is 0 Å². The molecule has 3 rings (SSSR count). The van der Waals surface area contributed by atoms with E-state index in [0.29, 0.717) is 63.1 Å². The zero-order valence-electron chi connectivity index (χ0n) is 24.3. The van der Waals surface area contributed by atoms with Gasteiger partial charge in [-0.05, 0) is 66.7 Å². The minimum atomic E-state index is -0.869. The molecule has 228 valence electrons. The van der Waals surface area contributed by atoms with Gasteiger partial charge in [-0.25, -0.2) is 0 Å². The molecule has 2 atom stereocenters. The van der Waals surface area contributed by atoms with Crippen molar-refractivity contribution < 1.29 is 19.2 Å². The van der Waals surface area contributed by atoms with Crippen LogP contribution in [0.5, 0.6) is 0 Å². The second-order valence-electron chi connectivity index (χ2n) is 10.3. The third-order valence-electron chi connectivity index (χ3n) is 6.54. The number of anilines is 3. The standard InChI is InChI=1S/C32H36Cl2N4O4S/c1-20(2)17-28(32(42)37-26-14-7-5-10-22(26)19-39)38-31(41)27(15-16-43-3)35-29(40)18-21-9-4-6-13-25(21)36-30-23(33)11-8-12-24(30)34/h4-14,19-20,27-28,36H,15-18H2,1-3H3,(H,35,40)(H,37,42)(H,38,41)/t27-,28-/m0/s1. The molecule has 0 unspecified atom stereocenters. The van der Waals surface area contributed by atoms with E-state index in [1.807, 2.05) is 44.4 Å². The molecule has 0 fully saturated rings. The molecule has 0 bridgehead atoms. The SMILES string of the molecule is CSCC[C@H](NC(=O)Cc1ccccc1Nc1c(Cl)cccc1Cl)C(=O)N[C@@H](CC(C)C)C(=O)Nc1ccccc1C=O. The fraction of sp³-hybridized carbons (Fsp3) is 0.312. The van der Waals surface area contributed by atoms with E-state index in [1.165, 1.54) is 0 Å². The Morgan fingerprint density at radius 2 is 1.49 bits per heavy atom. The van der Waals surface area contributed by atoms with Crippen LogP contribution < -0.4 is 21.3 Å². The van der Waals surface area contributed by atoms with E-state index in [1.54, 1.807) is 54.2 Å². The highest BCUT2D eigenvalue weighted by Crippen LogP contribution is 2.33. The first-order valence-electron chi connectivity index (χ1n) is 13.9. The number of hydrogen-bond acceptors (Lipinski definition) is 6. The van der Waals surface area contributed by atoms with Gasteiger partial charge in [0.2, 0.25) is 17.7 Å². The second kappa shape index (κ2) is 16.9. The number of carbonyl (C=O) groups is 4. The van der Waals surface area contributed by atoms with Crippen LogP contribution >= 0.6 is 35.0 Å². The molecule has 0 heterocycles. The van der Waals surface area contributed by atoms with Gasteiger partial charge in [-0.1, -0.05) is 73.4 Å². The Balaban J connectivity index is 1.74. The van der Waals surface area contributed by atoms with E-state index in [9.17, 15) is 19.2 Å². The second-order valence-corrected chi connectivity index (χ2v) is 12.1. The van der Waals surface area contributed by atoms with Crippen LogP contribution in [0, 0.1) is 5.92 Å². The molecule has 0 saturated carbocycles. The molecule has 0 aromatic heterocycles. The third-order valence-corrected chi connectivity index (χ3v) is 7.81. The molecule has 0 radical (unpaired) electrons. The van der Waals surface area contributed by atoms with Gasteiger partial charge >= 0.3 is 0 Å². The molecule has 8 nitrogen and oxygen atoms in total. The van der Waals surface area contributed by atoms with Gasteiger partial charge in [0.25, 0.3) is 0 Å². The summed E-state index contributed by atoms with van der Waals surface area (Å²) in [5, 5.41) is 12.5. The summed E-state index contributed by atoms with van der Waals surface area (Å²) in [5.41, 5.74) is 2.57. The predicted molar refractivity (Wildman–Crippen MR) is 177 cm³/mol. The van der Waals surface area contributed by atoms with Crippen LogP contribution in [0.1, 0.15) is 42.6 Å². The van der Waals surface area contributed by atoms with E-state index >= 15 is 0 Å². The Hall–Kier alpha value is -3.53. The monoisotopic (exact) mass is 642 g/mol. The highest BCUT2D eigenvalue weighted by atomic mass is 35.5. The molecule has 0 saturated heterocycles. The van der Waals surface area contributed by atoms with Crippen molar-refractivity contribution in [2.24, 2.45) is 5.92 Å². The lowest BCUT2D eigenvalue weighted by molar-refractivity contribution is -0.131. The lowest BCUT2D eigenvalue weighted by Gasteiger charge is -2.24. The van der Waals surface area contributed by atoms with E-state index in [0.717, 1.165) is 0 Å². The summed E-state index contributed by atoms with van der Waals surface area (Å²) < 4.78 is 0. The lowest BCUT2D eigenvalue weighted by atomic mass is 10.0. The van der Waals surface area contributed by atoms with Crippen LogP contribution in [0.2, 0.25) is 10.0 Å². The molecule has 0 aliphatic heterocycles. The predicted octanol–water partition coefficient (Wildman–Crippen LogP) is 6.50. The molecular weight excluding hydrogens is 607 g/mol.